The van der Waals surface area contributed by atoms with E-state index < -0.39 is 0 Å². The predicted octanol–water partition coefficient (Wildman–Crippen LogP) is 3.38. The molecule has 0 aliphatic carbocycles. The zero-order chi connectivity index (χ0) is 18.5. The Kier molecular flexibility index (Phi) is 7.24. The Morgan fingerprint density at radius 3 is 2.50 bits per heavy atom. The van der Waals surface area contributed by atoms with Crippen LogP contribution in [0.2, 0.25) is 5.02 Å². The second kappa shape index (κ2) is 8.49. The van der Waals surface area contributed by atoms with E-state index in [1.807, 2.05) is 27.7 Å². The summed E-state index contributed by atoms with van der Waals surface area (Å²) in [6, 6.07) is 4.94. The summed E-state index contributed by atoms with van der Waals surface area (Å²) < 4.78 is 0. The smallest absolute Gasteiger partial charge is 0.255 e. The standard InChI is InChI=1S/C18H28ClN3O2/c1-12(2)8-16(23)21-13-6-7-15(19)14(9-13)17(24)22(5)11-18(3,4)10-20/h6-7,9,12H,8,10-11,20H2,1-5H3,(H,21,23). The number of nitrogens with one attached hydrogen (secondary N) is 1. The summed E-state index contributed by atoms with van der Waals surface area (Å²) in [5, 5.41) is 3.17. The normalized spacial score (nSPS) is 11.5. The molecule has 0 heterocycles. The van der Waals surface area contributed by atoms with Gasteiger partial charge in [-0.15, -0.1) is 0 Å². The van der Waals surface area contributed by atoms with Crippen LogP contribution in [0.25, 0.3) is 0 Å². The maximum absolute atomic E-state index is 12.7. The first-order valence-electron chi connectivity index (χ1n) is 8.10. The lowest BCUT2D eigenvalue weighted by Crippen LogP contribution is -2.39. The molecular formula is C18H28ClN3O2. The summed E-state index contributed by atoms with van der Waals surface area (Å²) in [5.41, 5.74) is 6.49. The number of hydrogen-bond acceptors (Lipinski definition) is 3. The van der Waals surface area contributed by atoms with Gasteiger partial charge in [0.2, 0.25) is 5.91 Å². The number of benzene rings is 1. The summed E-state index contributed by atoms with van der Waals surface area (Å²) >= 11 is 6.18. The van der Waals surface area contributed by atoms with Gasteiger partial charge < -0.3 is 16.0 Å². The van der Waals surface area contributed by atoms with E-state index in [0.29, 0.717) is 35.8 Å². The Morgan fingerprint density at radius 2 is 1.96 bits per heavy atom. The van der Waals surface area contributed by atoms with Crippen molar-refractivity contribution in [2.45, 2.75) is 34.1 Å². The third-order valence-electron chi connectivity index (χ3n) is 3.64. The van der Waals surface area contributed by atoms with E-state index in [-0.39, 0.29) is 23.1 Å². The van der Waals surface area contributed by atoms with Crippen molar-refractivity contribution in [3.05, 3.63) is 28.8 Å². The van der Waals surface area contributed by atoms with Crippen molar-refractivity contribution in [3.8, 4) is 0 Å². The van der Waals surface area contributed by atoms with Crippen molar-refractivity contribution >= 4 is 29.1 Å². The van der Waals surface area contributed by atoms with Crippen molar-refractivity contribution in [1.29, 1.82) is 0 Å². The number of nitrogens with two attached hydrogens (primary N) is 1. The molecule has 3 N–H and O–H groups in total. The number of amides is 2. The number of carbonyl (C=O) groups excluding carboxylic acids is 2. The highest BCUT2D eigenvalue weighted by Gasteiger charge is 2.23. The number of rotatable bonds is 7. The number of carbonyl (C=O) groups is 2. The number of nitrogens with zero attached hydrogens (tertiary/aromatic N) is 1. The Labute approximate surface area is 149 Å². The number of hydrogen-bond donors (Lipinski definition) is 2. The van der Waals surface area contributed by atoms with Crippen molar-refractivity contribution in [3.63, 3.8) is 0 Å². The molecule has 0 atom stereocenters. The van der Waals surface area contributed by atoms with Crippen LogP contribution >= 0.6 is 11.6 Å². The molecule has 6 heteroatoms. The molecule has 0 aliphatic rings. The summed E-state index contributed by atoms with van der Waals surface area (Å²) in [7, 11) is 1.72. The lowest BCUT2D eigenvalue weighted by Gasteiger charge is -2.29. The van der Waals surface area contributed by atoms with Gasteiger partial charge in [0.05, 0.1) is 10.6 Å². The summed E-state index contributed by atoms with van der Waals surface area (Å²) in [6.45, 7) is 8.95. The molecule has 0 aromatic heterocycles. The highest BCUT2D eigenvalue weighted by Crippen LogP contribution is 2.24. The molecule has 0 unspecified atom stereocenters. The molecule has 0 radical (unpaired) electrons. The van der Waals surface area contributed by atoms with Crippen LogP contribution in [0.4, 0.5) is 5.69 Å². The zero-order valence-corrected chi connectivity index (χ0v) is 15.9. The maximum atomic E-state index is 12.7. The second-order valence-corrected chi connectivity index (χ2v) is 7.78. The van der Waals surface area contributed by atoms with Crippen molar-refractivity contribution < 1.29 is 9.59 Å². The fourth-order valence-corrected chi connectivity index (χ4v) is 2.53. The van der Waals surface area contributed by atoms with Crippen LogP contribution in [0.3, 0.4) is 0 Å². The van der Waals surface area contributed by atoms with Gasteiger partial charge in [-0.1, -0.05) is 39.3 Å². The topological polar surface area (TPSA) is 75.4 Å². The van der Waals surface area contributed by atoms with Crippen LogP contribution in [0.1, 0.15) is 44.5 Å². The molecule has 0 saturated heterocycles. The van der Waals surface area contributed by atoms with Crippen molar-refractivity contribution in [2.75, 3.05) is 25.5 Å². The van der Waals surface area contributed by atoms with E-state index in [1.54, 1.807) is 30.1 Å². The third-order valence-corrected chi connectivity index (χ3v) is 3.97. The summed E-state index contributed by atoms with van der Waals surface area (Å²) in [6.07, 6.45) is 0.427. The second-order valence-electron chi connectivity index (χ2n) is 7.37. The van der Waals surface area contributed by atoms with Crippen molar-refractivity contribution in [1.82, 2.24) is 4.90 Å². The minimum absolute atomic E-state index is 0.0802. The molecule has 1 aromatic carbocycles. The van der Waals surface area contributed by atoms with E-state index in [2.05, 4.69) is 5.32 Å². The molecule has 24 heavy (non-hydrogen) atoms. The lowest BCUT2D eigenvalue weighted by molar-refractivity contribution is -0.116. The molecule has 0 fully saturated rings. The van der Waals surface area contributed by atoms with Crippen molar-refractivity contribution in [2.24, 2.45) is 17.1 Å². The summed E-state index contributed by atoms with van der Waals surface area (Å²) in [4.78, 5) is 26.2. The van der Waals surface area contributed by atoms with Gasteiger partial charge >= 0.3 is 0 Å². The summed E-state index contributed by atoms with van der Waals surface area (Å²) in [5.74, 6) is -0.00662. The van der Waals surface area contributed by atoms with Gasteiger partial charge in [-0.3, -0.25) is 9.59 Å². The Balaban J connectivity index is 2.92. The molecule has 5 nitrogen and oxygen atoms in total. The largest absolute Gasteiger partial charge is 0.341 e. The molecule has 0 aliphatic heterocycles. The average Bonchev–Trinajstić information content (AvgIpc) is 2.47. The van der Waals surface area contributed by atoms with Gasteiger partial charge in [-0.2, -0.15) is 0 Å². The molecule has 1 rings (SSSR count). The van der Waals surface area contributed by atoms with Crippen LogP contribution in [0.15, 0.2) is 18.2 Å². The predicted molar refractivity (Wildman–Crippen MR) is 99.3 cm³/mol. The third kappa shape index (κ3) is 6.13. The fourth-order valence-electron chi connectivity index (χ4n) is 2.33. The molecule has 134 valence electrons. The van der Waals surface area contributed by atoms with Gasteiger partial charge in [0, 0.05) is 25.7 Å². The molecule has 1 aromatic rings. The van der Waals surface area contributed by atoms with Crippen LogP contribution in [-0.4, -0.2) is 36.9 Å². The SMILES string of the molecule is CC(C)CC(=O)Nc1ccc(Cl)c(C(=O)N(C)CC(C)(C)CN)c1. The minimum Gasteiger partial charge on any atom is -0.341 e. The van der Waals surface area contributed by atoms with E-state index in [1.165, 1.54) is 0 Å². The number of halogens is 1. The Hall–Kier alpha value is -1.59. The maximum Gasteiger partial charge on any atom is 0.255 e. The van der Waals surface area contributed by atoms with Crippen LogP contribution in [0.5, 0.6) is 0 Å². The molecular weight excluding hydrogens is 326 g/mol. The van der Waals surface area contributed by atoms with Gasteiger partial charge in [0.15, 0.2) is 0 Å². The van der Waals surface area contributed by atoms with E-state index in [0.717, 1.165) is 0 Å². The van der Waals surface area contributed by atoms with E-state index in [4.69, 9.17) is 17.3 Å². The first-order valence-corrected chi connectivity index (χ1v) is 8.48. The Bertz CT molecular complexity index is 600. The Morgan fingerprint density at radius 1 is 1.33 bits per heavy atom. The highest BCUT2D eigenvalue weighted by molar-refractivity contribution is 6.34. The van der Waals surface area contributed by atoms with Gasteiger partial charge in [-0.25, -0.2) is 0 Å². The molecule has 0 spiro atoms. The fraction of sp³-hybridized carbons (Fsp3) is 0.556. The van der Waals surface area contributed by atoms with E-state index in [9.17, 15) is 9.59 Å². The average molecular weight is 354 g/mol. The highest BCUT2D eigenvalue weighted by atomic mass is 35.5. The quantitative estimate of drug-likeness (QED) is 0.789. The monoisotopic (exact) mass is 353 g/mol. The molecule has 0 bridgehead atoms. The zero-order valence-electron chi connectivity index (χ0n) is 15.1. The van der Waals surface area contributed by atoms with Crippen LogP contribution in [0, 0.1) is 11.3 Å². The van der Waals surface area contributed by atoms with Gasteiger partial charge in [0.25, 0.3) is 5.91 Å². The van der Waals surface area contributed by atoms with E-state index >= 15 is 0 Å². The molecule has 0 saturated carbocycles. The molecule has 2 amide bonds. The number of anilines is 1. The van der Waals surface area contributed by atoms with Gasteiger partial charge in [0.1, 0.15) is 0 Å². The minimum atomic E-state index is -0.193. The van der Waals surface area contributed by atoms with Crippen LogP contribution < -0.4 is 11.1 Å². The first-order chi connectivity index (χ1) is 11.1. The lowest BCUT2D eigenvalue weighted by atomic mass is 9.93. The van der Waals surface area contributed by atoms with Crippen LogP contribution in [-0.2, 0) is 4.79 Å². The first kappa shape index (κ1) is 20.5. The van der Waals surface area contributed by atoms with Gasteiger partial charge in [-0.05, 0) is 36.1 Å².